The van der Waals surface area contributed by atoms with Gasteiger partial charge in [0.2, 0.25) is 0 Å². The van der Waals surface area contributed by atoms with Gasteiger partial charge in [-0.1, -0.05) is 13.3 Å². The second kappa shape index (κ2) is 13.6. The number of aliphatic carboxylic acids is 1. The van der Waals surface area contributed by atoms with Crippen LogP contribution in [0.15, 0.2) is 41.3 Å². The molecular weight excluding hydrogens is 431 g/mol. The quantitative estimate of drug-likeness (QED) is 0.243. The monoisotopic (exact) mass is 456 g/mol. The molecule has 0 aromatic heterocycles. The number of thioether (sulfide) groups is 1. The first-order valence-corrected chi connectivity index (χ1v) is 10.5. The van der Waals surface area contributed by atoms with Crippen molar-refractivity contribution < 1.29 is 63.9 Å². The number of aromatic hydroxyl groups is 1. The molecule has 2 rings (SSSR count). The Morgan fingerprint density at radius 3 is 2.32 bits per heavy atom. The van der Waals surface area contributed by atoms with Gasteiger partial charge in [-0.2, -0.15) is 0 Å². The number of carboxylic acids is 1. The van der Waals surface area contributed by atoms with Crippen molar-refractivity contribution in [3.63, 3.8) is 0 Å². The summed E-state index contributed by atoms with van der Waals surface area (Å²) >= 11 is 1.15. The Kier molecular flexibility index (Phi) is 12.0. The Morgan fingerprint density at radius 1 is 1.10 bits per heavy atom. The van der Waals surface area contributed by atoms with Gasteiger partial charge in [0, 0.05) is 16.2 Å². The Bertz CT molecular complexity index is 871. The summed E-state index contributed by atoms with van der Waals surface area (Å²) in [6.07, 6.45) is 0.381. The summed E-state index contributed by atoms with van der Waals surface area (Å²) in [4.78, 5) is 22.9. The number of hydrogen-bond acceptors (Lipinski definition) is 8. The maximum Gasteiger partial charge on any atom is 1.00 e. The SMILES string of the molecule is CCCc1c(OCC(O)COc2ccc(SCC(=O)[O-])cc2)ccc(C(C)=O)c1O.[Na+]. The average Bonchev–Trinajstić information content (AvgIpc) is 2.71. The van der Waals surface area contributed by atoms with Crippen LogP contribution in [0.25, 0.3) is 0 Å². The molecule has 0 spiro atoms. The Morgan fingerprint density at radius 2 is 1.74 bits per heavy atom. The van der Waals surface area contributed by atoms with Gasteiger partial charge in [-0.25, -0.2) is 0 Å². The minimum atomic E-state index is -1.13. The Balaban J connectivity index is 0.00000480. The third-order valence-corrected chi connectivity index (χ3v) is 5.16. The number of aliphatic hydroxyl groups excluding tert-OH is 1. The van der Waals surface area contributed by atoms with Crippen LogP contribution in [-0.2, 0) is 11.2 Å². The molecule has 0 fully saturated rings. The van der Waals surface area contributed by atoms with Crippen molar-refractivity contribution in [2.75, 3.05) is 19.0 Å². The first-order chi connectivity index (χ1) is 14.3. The molecule has 0 amide bonds. The van der Waals surface area contributed by atoms with Gasteiger partial charge in [0.1, 0.15) is 36.6 Å². The van der Waals surface area contributed by atoms with Crippen LogP contribution in [-0.4, -0.2) is 47.0 Å². The molecule has 162 valence electrons. The summed E-state index contributed by atoms with van der Waals surface area (Å²) < 4.78 is 11.2. The topological polar surface area (TPSA) is 116 Å². The van der Waals surface area contributed by atoms with Crippen molar-refractivity contribution in [2.45, 2.75) is 37.7 Å². The largest absolute Gasteiger partial charge is 1.00 e. The number of carboxylic acid groups (broad SMARTS) is 1. The maximum atomic E-state index is 11.6. The van der Waals surface area contributed by atoms with Crippen LogP contribution >= 0.6 is 11.8 Å². The minimum Gasteiger partial charge on any atom is -0.549 e. The Labute approximate surface area is 208 Å². The van der Waals surface area contributed by atoms with Gasteiger partial charge in [-0.05, 0) is 49.7 Å². The van der Waals surface area contributed by atoms with Crippen molar-refractivity contribution >= 4 is 23.5 Å². The van der Waals surface area contributed by atoms with Crippen molar-refractivity contribution in [3.05, 3.63) is 47.5 Å². The van der Waals surface area contributed by atoms with E-state index >= 15 is 0 Å². The normalized spacial score (nSPS) is 11.3. The van der Waals surface area contributed by atoms with Crippen molar-refractivity contribution in [2.24, 2.45) is 0 Å². The molecule has 0 radical (unpaired) electrons. The van der Waals surface area contributed by atoms with Gasteiger partial charge in [-0.3, -0.25) is 4.79 Å². The second-order valence-corrected chi connectivity index (χ2v) is 7.70. The number of phenolic OH excluding ortho intramolecular Hbond substituents is 1. The molecule has 0 heterocycles. The maximum absolute atomic E-state index is 11.6. The van der Waals surface area contributed by atoms with Gasteiger partial charge in [0.05, 0.1) is 11.5 Å². The molecule has 2 aromatic rings. The van der Waals surface area contributed by atoms with E-state index in [9.17, 15) is 24.9 Å². The van der Waals surface area contributed by atoms with E-state index in [0.717, 1.165) is 23.1 Å². The number of Topliss-reactive ketones (excluding diaryl/α,β-unsaturated/α-hetero) is 1. The van der Waals surface area contributed by atoms with E-state index in [-0.39, 0.29) is 65.6 Å². The Hall–Kier alpha value is -1.71. The van der Waals surface area contributed by atoms with Crippen LogP contribution in [0.3, 0.4) is 0 Å². The fourth-order valence-corrected chi connectivity index (χ4v) is 3.34. The zero-order valence-electron chi connectivity index (χ0n) is 17.9. The van der Waals surface area contributed by atoms with Crippen LogP contribution < -0.4 is 44.1 Å². The van der Waals surface area contributed by atoms with Crippen LogP contribution in [0.4, 0.5) is 0 Å². The molecule has 9 heteroatoms. The smallest absolute Gasteiger partial charge is 0.549 e. The summed E-state index contributed by atoms with van der Waals surface area (Å²) in [5, 5.41) is 31.0. The van der Waals surface area contributed by atoms with Crippen LogP contribution in [0, 0.1) is 0 Å². The number of benzene rings is 2. The molecule has 31 heavy (non-hydrogen) atoms. The van der Waals surface area contributed by atoms with Crippen molar-refractivity contribution in [3.8, 4) is 17.2 Å². The fraction of sp³-hybridized carbons (Fsp3) is 0.364. The van der Waals surface area contributed by atoms with E-state index in [1.807, 2.05) is 6.92 Å². The molecule has 1 unspecified atom stereocenters. The predicted molar refractivity (Wildman–Crippen MR) is 111 cm³/mol. The summed E-state index contributed by atoms with van der Waals surface area (Å²) in [6.45, 7) is 3.29. The van der Waals surface area contributed by atoms with E-state index in [4.69, 9.17) is 9.47 Å². The van der Waals surface area contributed by atoms with Crippen molar-refractivity contribution in [1.82, 2.24) is 0 Å². The summed E-state index contributed by atoms with van der Waals surface area (Å²) in [7, 11) is 0. The minimum absolute atomic E-state index is 0. The number of carbonyl (C=O) groups is 2. The number of hydrogen-bond donors (Lipinski definition) is 2. The third kappa shape index (κ3) is 8.74. The van der Waals surface area contributed by atoms with E-state index in [2.05, 4.69) is 0 Å². The number of phenols is 1. The first-order valence-electron chi connectivity index (χ1n) is 9.54. The summed E-state index contributed by atoms with van der Waals surface area (Å²) in [5.41, 5.74) is 0.791. The number of rotatable bonds is 12. The molecule has 0 aliphatic rings. The second-order valence-electron chi connectivity index (χ2n) is 6.65. The van der Waals surface area contributed by atoms with Crippen molar-refractivity contribution in [1.29, 1.82) is 0 Å². The van der Waals surface area contributed by atoms with Gasteiger partial charge >= 0.3 is 29.6 Å². The van der Waals surface area contributed by atoms with Gasteiger partial charge in [-0.15, -0.1) is 11.8 Å². The number of carbonyl (C=O) groups excluding carboxylic acids is 2. The van der Waals surface area contributed by atoms with Gasteiger partial charge < -0.3 is 29.6 Å². The zero-order chi connectivity index (χ0) is 22.1. The van der Waals surface area contributed by atoms with E-state index in [0.29, 0.717) is 23.5 Å². The van der Waals surface area contributed by atoms with Gasteiger partial charge in [0.15, 0.2) is 5.78 Å². The van der Waals surface area contributed by atoms with E-state index in [1.54, 1.807) is 30.3 Å². The van der Waals surface area contributed by atoms with Gasteiger partial charge in [0.25, 0.3) is 0 Å². The average molecular weight is 456 g/mol. The molecule has 7 nitrogen and oxygen atoms in total. The molecule has 0 aliphatic carbocycles. The van der Waals surface area contributed by atoms with Crippen LogP contribution in [0.2, 0.25) is 0 Å². The number of ketones is 1. The molecule has 2 N–H and O–H groups in total. The van der Waals surface area contributed by atoms with E-state index < -0.39 is 12.1 Å². The van der Waals surface area contributed by atoms with E-state index in [1.165, 1.54) is 13.0 Å². The molecule has 1 atom stereocenters. The molecular formula is C22H25NaO7S. The van der Waals surface area contributed by atoms with Crippen LogP contribution in [0.5, 0.6) is 17.2 Å². The summed E-state index contributed by atoms with van der Waals surface area (Å²) in [5.74, 6) is -0.609. The third-order valence-electron chi connectivity index (χ3n) is 4.17. The first kappa shape index (κ1) is 27.3. The molecule has 0 saturated carbocycles. The molecule has 2 aromatic carbocycles. The molecule has 0 saturated heterocycles. The fourth-order valence-electron chi connectivity index (χ4n) is 2.73. The number of aliphatic hydroxyl groups is 1. The van der Waals surface area contributed by atoms with Crippen LogP contribution in [0.1, 0.15) is 36.2 Å². The summed E-state index contributed by atoms with van der Waals surface area (Å²) in [6, 6.07) is 9.95. The molecule has 0 bridgehead atoms. The number of ether oxygens (including phenoxy) is 2. The molecule has 0 aliphatic heterocycles. The predicted octanol–water partition coefficient (Wildman–Crippen LogP) is -0.788. The standard InChI is InChI=1S/C22H26O7S.Na/c1-3-4-19-20(10-9-18(14(2)23)22(19)27)29-12-15(24)11-28-16-5-7-17(8-6-16)30-13-21(25)26;/h5-10,15,24,27H,3-4,11-13H2,1-2H3,(H,25,26);/q;+1/p-1. The zero-order valence-corrected chi connectivity index (χ0v) is 20.7.